The molecule has 0 amide bonds. The minimum atomic E-state index is 0. The van der Waals surface area contributed by atoms with E-state index in [0.29, 0.717) is 6.10 Å². The second-order valence-electron chi connectivity index (χ2n) is 5.51. The van der Waals surface area contributed by atoms with Crippen molar-refractivity contribution >= 4 is 48.6 Å². The van der Waals surface area contributed by atoms with Crippen LogP contribution in [0, 0.1) is 0 Å². The third-order valence-corrected chi connectivity index (χ3v) is 3.52. The Labute approximate surface area is 152 Å². The molecule has 1 N–H and O–H groups in total. The molecular formula is C15H28Cl3N3O. The Morgan fingerprint density at radius 2 is 1.55 bits per heavy atom. The van der Waals surface area contributed by atoms with Crippen LogP contribution in [0.25, 0.3) is 0 Å². The Hall–Kier alpha value is -0.550. The fourth-order valence-corrected chi connectivity index (χ4v) is 2.33. The Kier molecular flexibility index (Phi) is 11.9. The quantitative estimate of drug-likeness (QED) is 0.878. The van der Waals surface area contributed by atoms with Gasteiger partial charge in [-0.05, 0) is 44.1 Å². The zero-order valence-electron chi connectivity index (χ0n) is 13.7. The highest BCUT2D eigenvalue weighted by molar-refractivity contribution is 5.86. The van der Waals surface area contributed by atoms with Crippen molar-refractivity contribution in [3.05, 3.63) is 18.2 Å². The third kappa shape index (κ3) is 6.29. The van der Waals surface area contributed by atoms with E-state index in [9.17, 15) is 0 Å². The molecule has 1 fully saturated rings. The minimum absolute atomic E-state index is 0. The van der Waals surface area contributed by atoms with Crippen molar-refractivity contribution in [1.29, 1.82) is 0 Å². The van der Waals surface area contributed by atoms with Crippen molar-refractivity contribution in [1.82, 2.24) is 5.32 Å². The number of benzene rings is 1. The predicted molar refractivity (Wildman–Crippen MR) is 103 cm³/mol. The summed E-state index contributed by atoms with van der Waals surface area (Å²) >= 11 is 0. The smallest absolute Gasteiger partial charge is 0.143 e. The largest absolute Gasteiger partial charge is 0.488 e. The second-order valence-corrected chi connectivity index (χ2v) is 5.51. The van der Waals surface area contributed by atoms with E-state index in [4.69, 9.17) is 4.74 Å². The van der Waals surface area contributed by atoms with Gasteiger partial charge in [-0.15, -0.1) is 37.2 Å². The van der Waals surface area contributed by atoms with Gasteiger partial charge in [0.05, 0.1) is 5.69 Å². The molecule has 1 aliphatic heterocycles. The zero-order chi connectivity index (χ0) is 13.8. The standard InChI is InChI=1S/C15H25N3O.3ClH/c1-17(2)12-5-6-15(14(11-12)18(3)4)19-13-7-9-16-10-8-13;;;/h5-6,11,13,16H,7-10H2,1-4H3;3*1H. The maximum Gasteiger partial charge on any atom is 0.143 e. The van der Waals surface area contributed by atoms with E-state index in [1.165, 1.54) is 5.69 Å². The molecule has 7 heteroatoms. The van der Waals surface area contributed by atoms with Gasteiger partial charge in [0, 0.05) is 33.9 Å². The van der Waals surface area contributed by atoms with Gasteiger partial charge in [-0.25, -0.2) is 0 Å². The number of hydrogen-bond donors (Lipinski definition) is 1. The highest BCUT2D eigenvalue weighted by Crippen LogP contribution is 2.32. The maximum absolute atomic E-state index is 6.18. The number of nitrogens with zero attached hydrogens (tertiary/aromatic N) is 2. The molecule has 130 valence electrons. The van der Waals surface area contributed by atoms with Crippen molar-refractivity contribution in [2.24, 2.45) is 0 Å². The SMILES string of the molecule is CN(C)c1ccc(OC2CCNCC2)c(N(C)C)c1.Cl.Cl.Cl. The van der Waals surface area contributed by atoms with Gasteiger partial charge < -0.3 is 19.9 Å². The Morgan fingerprint density at radius 1 is 0.955 bits per heavy atom. The van der Waals surface area contributed by atoms with Crippen LogP contribution in [-0.2, 0) is 0 Å². The van der Waals surface area contributed by atoms with Gasteiger partial charge >= 0.3 is 0 Å². The van der Waals surface area contributed by atoms with E-state index in [-0.39, 0.29) is 37.2 Å². The van der Waals surface area contributed by atoms with Gasteiger partial charge in [0.1, 0.15) is 11.9 Å². The van der Waals surface area contributed by atoms with Crippen molar-refractivity contribution in [3.63, 3.8) is 0 Å². The van der Waals surface area contributed by atoms with Crippen LogP contribution in [0.5, 0.6) is 5.75 Å². The molecule has 0 bridgehead atoms. The lowest BCUT2D eigenvalue weighted by molar-refractivity contribution is 0.163. The molecule has 0 aliphatic carbocycles. The van der Waals surface area contributed by atoms with Crippen molar-refractivity contribution in [2.75, 3.05) is 51.1 Å². The number of halogens is 3. The van der Waals surface area contributed by atoms with Crippen LogP contribution in [0.3, 0.4) is 0 Å². The summed E-state index contributed by atoms with van der Waals surface area (Å²) in [5, 5.41) is 3.36. The van der Waals surface area contributed by atoms with Gasteiger partial charge in [0.2, 0.25) is 0 Å². The molecule has 0 saturated carbocycles. The molecule has 0 spiro atoms. The number of rotatable bonds is 4. The first kappa shape index (κ1) is 23.7. The molecule has 1 heterocycles. The highest BCUT2D eigenvalue weighted by Gasteiger charge is 2.17. The fourth-order valence-electron chi connectivity index (χ4n) is 2.33. The molecule has 22 heavy (non-hydrogen) atoms. The van der Waals surface area contributed by atoms with Crippen molar-refractivity contribution in [3.8, 4) is 5.75 Å². The number of nitrogens with one attached hydrogen (secondary N) is 1. The van der Waals surface area contributed by atoms with E-state index in [2.05, 4.69) is 61.5 Å². The normalized spacial score (nSPS) is 14.0. The molecule has 0 unspecified atom stereocenters. The molecular weight excluding hydrogens is 345 g/mol. The molecule has 0 radical (unpaired) electrons. The van der Waals surface area contributed by atoms with E-state index in [1.807, 2.05) is 0 Å². The summed E-state index contributed by atoms with van der Waals surface area (Å²) in [6.07, 6.45) is 2.51. The van der Waals surface area contributed by atoms with Crippen LogP contribution in [0.15, 0.2) is 18.2 Å². The molecule has 4 nitrogen and oxygen atoms in total. The average molecular weight is 373 g/mol. The lowest BCUT2D eigenvalue weighted by Gasteiger charge is -2.27. The summed E-state index contributed by atoms with van der Waals surface area (Å²) in [7, 11) is 8.23. The van der Waals surface area contributed by atoms with E-state index in [1.54, 1.807) is 0 Å². The monoisotopic (exact) mass is 371 g/mol. The maximum atomic E-state index is 6.18. The number of ether oxygens (including phenoxy) is 1. The molecule has 0 aromatic heterocycles. The van der Waals surface area contributed by atoms with E-state index in [0.717, 1.165) is 37.4 Å². The van der Waals surface area contributed by atoms with E-state index < -0.39 is 0 Å². The Morgan fingerprint density at radius 3 is 2.05 bits per heavy atom. The third-order valence-electron chi connectivity index (χ3n) is 3.52. The summed E-state index contributed by atoms with van der Waals surface area (Å²) in [5.41, 5.74) is 2.34. The number of hydrogen-bond acceptors (Lipinski definition) is 4. The molecule has 2 rings (SSSR count). The van der Waals surface area contributed by atoms with Crippen molar-refractivity contribution in [2.45, 2.75) is 18.9 Å². The Balaban J connectivity index is 0. The summed E-state index contributed by atoms with van der Waals surface area (Å²) in [5.74, 6) is 0.988. The van der Waals surface area contributed by atoms with Crippen LogP contribution in [0.4, 0.5) is 11.4 Å². The van der Waals surface area contributed by atoms with Gasteiger partial charge in [-0.1, -0.05) is 0 Å². The van der Waals surface area contributed by atoms with E-state index >= 15 is 0 Å². The first-order valence-corrected chi connectivity index (χ1v) is 6.94. The summed E-state index contributed by atoms with van der Waals surface area (Å²) in [4.78, 5) is 4.23. The molecule has 0 atom stereocenters. The predicted octanol–water partition coefficient (Wildman–Crippen LogP) is 3.21. The van der Waals surface area contributed by atoms with Crippen LogP contribution >= 0.6 is 37.2 Å². The Bertz CT molecular complexity index is 424. The molecule has 1 aliphatic rings. The first-order chi connectivity index (χ1) is 9.08. The highest BCUT2D eigenvalue weighted by atomic mass is 35.5. The average Bonchev–Trinajstić information content (AvgIpc) is 2.39. The van der Waals surface area contributed by atoms with Gasteiger partial charge in [0.25, 0.3) is 0 Å². The van der Waals surface area contributed by atoms with Gasteiger partial charge in [-0.2, -0.15) is 0 Å². The summed E-state index contributed by atoms with van der Waals surface area (Å²) < 4.78 is 6.18. The fraction of sp³-hybridized carbons (Fsp3) is 0.600. The van der Waals surface area contributed by atoms with Crippen LogP contribution in [0.1, 0.15) is 12.8 Å². The lowest BCUT2D eigenvalue weighted by Crippen LogP contribution is -2.34. The molecule has 1 aromatic rings. The van der Waals surface area contributed by atoms with Crippen LogP contribution < -0.4 is 19.9 Å². The zero-order valence-corrected chi connectivity index (χ0v) is 16.1. The van der Waals surface area contributed by atoms with Crippen molar-refractivity contribution < 1.29 is 4.74 Å². The topological polar surface area (TPSA) is 27.7 Å². The molecule has 1 aromatic carbocycles. The number of piperidine rings is 1. The summed E-state index contributed by atoms with van der Waals surface area (Å²) in [6, 6.07) is 6.38. The first-order valence-electron chi connectivity index (χ1n) is 6.94. The van der Waals surface area contributed by atoms with Gasteiger partial charge in [-0.3, -0.25) is 0 Å². The minimum Gasteiger partial charge on any atom is -0.488 e. The van der Waals surface area contributed by atoms with Crippen LogP contribution in [0.2, 0.25) is 0 Å². The molecule has 1 saturated heterocycles. The summed E-state index contributed by atoms with van der Waals surface area (Å²) in [6.45, 7) is 2.11. The van der Waals surface area contributed by atoms with Crippen LogP contribution in [-0.4, -0.2) is 47.4 Å². The lowest BCUT2D eigenvalue weighted by atomic mass is 10.1. The number of anilines is 2. The second kappa shape index (κ2) is 11.1. The van der Waals surface area contributed by atoms with Gasteiger partial charge in [0.15, 0.2) is 0 Å².